The zero-order chi connectivity index (χ0) is 9.26. The van der Waals surface area contributed by atoms with Gasteiger partial charge >= 0.3 is 0 Å². The van der Waals surface area contributed by atoms with Gasteiger partial charge in [0.2, 0.25) is 0 Å². The first-order valence-electron chi connectivity index (χ1n) is 4.83. The summed E-state index contributed by atoms with van der Waals surface area (Å²) in [6.45, 7) is 2.00. The van der Waals surface area contributed by atoms with Crippen LogP contribution in [-0.4, -0.2) is 16.2 Å². The smallest absolute Gasteiger partial charge is 0.0897 e. The SMILES string of the molecule is Cc1nc(CC(O)CC2CC2)cs1. The van der Waals surface area contributed by atoms with E-state index in [-0.39, 0.29) is 6.10 Å². The molecule has 0 bridgehead atoms. The molecule has 0 radical (unpaired) electrons. The normalized spacial score (nSPS) is 18.9. The van der Waals surface area contributed by atoms with E-state index in [9.17, 15) is 5.11 Å². The van der Waals surface area contributed by atoms with E-state index in [1.54, 1.807) is 11.3 Å². The molecular weight excluding hydrogens is 182 g/mol. The second-order valence-corrected chi connectivity index (χ2v) is 4.96. The summed E-state index contributed by atoms with van der Waals surface area (Å²) in [5.74, 6) is 0.801. The van der Waals surface area contributed by atoms with Gasteiger partial charge in [-0.3, -0.25) is 0 Å². The molecule has 1 saturated carbocycles. The number of hydrogen-bond donors (Lipinski definition) is 1. The highest BCUT2D eigenvalue weighted by Crippen LogP contribution is 2.34. The highest BCUT2D eigenvalue weighted by atomic mass is 32.1. The molecule has 72 valence electrons. The lowest BCUT2D eigenvalue weighted by atomic mass is 10.1. The van der Waals surface area contributed by atoms with E-state index < -0.39 is 0 Å². The van der Waals surface area contributed by atoms with Crippen LogP contribution in [0.1, 0.15) is 30.0 Å². The van der Waals surface area contributed by atoms with E-state index in [0.29, 0.717) is 0 Å². The Kier molecular flexibility index (Phi) is 2.65. The first kappa shape index (κ1) is 9.16. The van der Waals surface area contributed by atoms with Crippen LogP contribution in [0, 0.1) is 12.8 Å². The Balaban J connectivity index is 1.82. The third-order valence-corrected chi connectivity index (χ3v) is 3.24. The van der Waals surface area contributed by atoms with Crippen LogP contribution in [0.3, 0.4) is 0 Å². The van der Waals surface area contributed by atoms with E-state index in [1.807, 2.05) is 12.3 Å². The summed E-state index contributed by atoms with van der Waals surface area (Å²) in [6.07, 6.45) is 4.16. The summed E-state index contributed by atoms with van der Waals surface area (Å²) in [5.41, 5.74) is 1.05. The van der Waals surface area contributed by atoms with Gasteiger partial charge in [-0.25, -0.2) is 4.98 Å². The monoisotopic (exact) mass is 197 g/mol. The largest absolute Gasteiger partial charge is 0.393 e. The third-order valence-electron chi connectivity index (χ3n) is 2.41. The summed E-state index contributed by atoms with van der Waals surface area (Å²) >= 11 is 1.66. The van der Waals surface area contributed by atoms with Crippen LogP contribution in [0.2, 0.25) is 0 Å². The number of aryl methyl sites for hydroxylation is 1. The molecule has 2 nitrogen and oxygen atoms in total. The molecule has 1 aliphatic rings. The predicted molar refractivity (Wildman–Crippen MR) is 53.9 cm³/mol. The molecule has 0 aromatic carbocycles. The first-order valence-corrected chi connectivity index (χ1v) is 5.71. The molecule has 1 heterocycles. The summed E-state index contributed by atoms with van der Waals surface area (Å²) in [5, 5.41) is 12.8. The molecule has 13 heavy (non-hydrogen) atoms. The molecular formula is C10H15NOS. The first-order chi connectivity index (χ1) is 6.24. The Morgan fingerprint density at radius 3 is 3.00 bits per heavy atom. The van der Waals surface area contributed by atoms with Gasteiger partial charge in [0.15, 0.2) is 0 Å². The number of aliphatic hydroxyl groups excluding tert-OH is 1. The quantitative estimate of drug-likeness (QED) is 0.802. The molecule has 1 fully saturated rings. The zero-order valence-electron chi connectivity index (χ0n) is 7.86. The number of hydrogen-bond acceptors (Lipinski definition) is 3. The van der Waals surface area contributed by atoms with Gasteiger partial charge in [-0.1, -0.05) is 12.8 Å². The number of thiazole rings is 1. The lowest BCUT2D eigenvalue weighted by Gasteiger charge is -2.06. The van der Waals surface area contributed by atoms with Gasteiger partial charge in [0, 0.05) is 11.8 Å². The van der Waals surface area contributed by atoms with Gasteiger partial charge in [-0.15, -0.1) is 11.3 Å². The van der Waals surface area contributed by atoms with Gasteiger partial charge in [0.05, 0.1) is 16.8 Å². The van der Waals surface area contributed by atoms with Crippen molar-refractivity contribution in [3.63, 3.8) is 0 Å². The van der Waals surface area contributed by atoms with E-state index in [2.05, 4.69) is 4.98 Å². The van der Waals surface area contributed by atoms with E-state index in [1.165, 1.54) is 12.8 Å². The Labute approximate surface area is 82.6 Å². The number of aromatic nitrogens is 1. The van der Waals surface area contributed by atoms with Crippen LogP contribution < -0.4 is 0 Å². The topological polar surface area (TPSA) is 33.1 Å². The van der Waals surface area contributed by atoms with Gasteiger partial charge in [0.1, 0.15) is 0 Å². The zero-order valence-corrected chi connectivity index (χ0v) is 8.68. The van der Waals surface area contributed by atoms with Crippen molar-refractivity contribution >= 4 is 11.3 Å². The maximum atomic E-state index is 9.69. The van der Waals surface area contributed by atoms with Crippen molar-refractivity contribution in [2.24, 2.45) is 5.92 Å². The fraction of sp³-hybridized carbons (Fsp3) is 0.700. The Morgan fingerprint density at radius 2 is 2.46 bits per heavy atom. The lowest BCUT2D eigenvalue weighted by molar-refractivity contribution is 0.157. The minimum absolute atomic E-state index is 0.172. The predicted octanol–water partition coefficient (Wildman–Crippen LogP) is 2.16. The molecule has 3 heteroatoms. The Hall–Kier alpha value is -0.410. The molecule has 0 aliphatic heterocycles. The second kappa shape index (κ2) is 3.76. The van der Waals surface area contributed by atoms with Crippen LogP contribution in [0.4, 0.5) is 0 Å². The van der Waals surface area contributed by atoms with Crippen LogP contribution in [0.25, 0.3) is 0 Å². The third kappa shape index (κ3) is 2.78. The summed E-state index contributed by atoms with van der Waals surface area (Å²) < 4.78 is 0. The molecule has 0 saturated heterocycles. The molecule has 1 aliphatic carbocycles. The van der Waals surface area contributed by atoms with Crippen molar-refractivity contribution in [3.05, 3.63) is 16.1 Å². The van der Waals surface area contributed by atoms with E-state index >= 15 is 0 Å². The average molecular weight is 197 g/mol. The van der Waals surface area contributed by atoms with Crippen molar-refractivity contribution in [2.45, 2.75) is 38.7 Å². The number of aliphatic hydroxyl groups is 1. The fourth-order valence-corrected chi connectivity index (χ4v) is 2.19. The minimum atomic E-state index is -0.172. The standard InChI is InChI=1S/C10H15NOS/c1-7-11-9(6-13-7)5-10(12)4-8-2-3-8/h6,8,10,12H,2-5H2,1H3. The van der Waals surface area contributed by atoms with Crippen LogP contribution in [0.15, 0.2) is 5.38 Å². The molecule has 1 aromatic heterocycles. The highest BCUT2D eigenvalue weighted by Gasteiger charge is 2.24. The Bertz CT molecular complexity index is 280. The molecule has 1 N–H and O–H groups in total. The molecule has 1 unspecified atom stereocenters. The average Bonchev–Trinajstić information content (AvgIpc) is 2.76. The maximum absolute atomic E-state index is 9.69. The molecule has 1 aromatic rings. The molecule has 2 rings (SSSR count). The van der Waals surface area contributed by atoms with Crippen molar-refractivity contribution in [3.8, 4) is 0 Å². The van der Waals surface area contributed by atoms with E-state index in [4.69, 9.17) is 0 Å². The molecule has 0 spiro atoms. The Morgan fingerprint density at radius 1 is 1.69 bits per heavy atom. The summed E-state index contributed by atoms with van der Waals surface area (Å²) in [4.78, 5) is 4.34. The van der Waals surface area contributed by atoms with Crippen molar-refractivity contribution in [2.75, 3.05) is 0 Å². The molecule has 1 atom stereocenters. The summed E-state index contributed by atoms with van der Waals surface area (Å²) in [7, 11) is 0. The van der Waals surface area contributed by atoms with Gasteiger partial charge < -0.3 is 5.11 Å². The van der Waals surface area contributed by atoms with Crippen LogP contribution in [0.5, 0.6) is 0 Å². The number of rotatable bonds is 4. The number of nitrogens with zero attached hydrogens (tertiary/aromatic N) is 1. The van der Waals surface area contributed by atoms with Crippen molar-refractivity contribution in [1.29, 1.82) is 0 Å². The van der Waals surface area contributed by atoms with Crippen molar-refractivity contribution in [1.82, 2.24) is 4.98 Å². The summed E-state index contributed by atoms with van der Waals surface area (Å²) in [6, 6.07) is 0. The van der Waals surface area contributed by atoms with Crippen LogP contribution in [-0.2, 0) is 6.42 Å². The molecule has 0 amide bonds. The van der Waals surface area contributed by atoms with Crippen molar-refractivity contribution < 1.29 is 5.11 Å². The fourth-order valence-electron chi connectivity index (χ4n) is 1.57. The maximum Gasteiger partial charge on any atom is 0.0897 e. The second-order valence-electron chi connectivity index (χ2n) is 3.89. The van der Waals surface area contributed by atoms with Crippen LogP contribution >= 0.6 is 11.3 Å². The van der Waals surface area contributed by atoms with Gasteiger partial charge in [-0.2, -0.15) is 0 Å². The van der Waals surface area contributed by atoms with Gasteiger partial charge in [0.25, 0.3) is 0 Å². The lowest BCUT2D eigenvalue weighted by Crippen LogP contribution is -2.11. The van der Waals surface area contributed by atoms with Gasteiger partial charge in [-0.05, 0) is 19.3 Å². The van der Waals surface area contributed by atoms with E-state index in [0.717, 1.165) is 29.5 Å². The highest BCUT2D eigenvalue weighted by molar-refractivity contribution is 7.09. The minimum Gasteiger partial charge on any atom is -0.393 e.